The van der Waals surface area contributed by atoms with Crippen molar-refractivity contribution in [1.29, 1.82) is 0 Å². The summed E-state index contributed by atoms with van der Waals surface area (Å²) in [6.45, 7) is 4.00. The fourth-order valence-electron chi connectivity index (χ4n) is 1.88. The molecule has 1 unspecified atom stereocenters. The van der Waals surface area contributed by atoms with E-state index in [1.165, 1.54) is 12.0 Å². The van der Waals surface area contributed by atoms with Crippen LogP contribution in [0.4, 0.5) is 0 Å². The Hall–Kier alpha value is -0.890. The van der Waals surface area contributed by atoms with Gasteiger partial charge in [-0.1, -0.05) is 13.0 Å². The number of rotatable bonds is 1. The molecule has 1 fully saturated rings. The highest BCUT2D eigenvalue weighted by atomic mass is 16.5. The quantitative estimate of drug-likeness (QED) is 0.655. The van der Waals surface area contributed by atoms with E-state index >= 15 is 0 Å². The summed E-state index contributed by atoms with van der Waals surface area (Å²) < 4.78 is 5.51. The molecule has 2 nitrogen and oxygen atoms in total. The Morgan fingerprint density at radius 2 is 2.46 bits per heavy atom. The van der Waals surface area contributed by atoms with Crippen molar-refractivity contribution in [3.05, 3.63) is 30.1 Å². The molecule has 0 spiro atoms. The first-order valence-electron chi connectivity index (χ1n) is 4.79. The van der Waals surface area contributed by atoms with Crippen LogP contribution in [0.2, 0.25) is 0 Å². The van der Waals surface area contributed by atoms with Crippen LogP contribution in [-0.4, -0.2) is 18.2 Å². The van der Waals surface area contributed by atoms with Crippen molar-refractivity contribution in [2.75, 3.05) is 13.2 Å². The van der Waals surface area contributed by atoms with Gasteiger partial charge < -0.3 is 4.74 Å². The maximum Gasteiger partial charge on any atom is 0.0560 e. The Balaban J connectivity index is 2.23. The second-order valence-corrected chi connectivity index (χ2v) is 3.96. The lowest BCUT2D eigenvalue weighted by Gasteiger charge is -2.33. The van der Waals surface area contributed by atoms with Crippen molar-refractivity contribution in [1.82, 2.24) is 4.98 Å². The fraction of sp³-hybridized carbons (Fsp3) is 0.545. The van der Waals surface area contributed by atoms with Gasteiger partial charge in [-0.15, -0.1) is 0 Å². The van der Waals surface area contributed by atoms with Gasteiger partial charge >= 0.3 is 0 Å². The second-order valence-electron chi connectivity index (χ2n) is 3.96. The number of pyridine rings is 1. The average Bonchev–Trinajstić information content (AvgIpc) is 2.20. The van der Waals surface area contributed by atoms with Gasteiger partial charge in [-0.3, -0.25) is 4.98 Å². The Bertz CT molecular complexity index is 265. The van der Waals surface area contributed by atoms with Gasteiger partial charge in [-0.2, -0.15) is 0 Å². The van der Waals surface area contributed by atoms with Crippen LogP contribution in [0.15, 0.2) is 24.5 Å². The minimum absolute atomic E-state index is 0.187. The van der Waals surface area contributed by atoms with E-state index in [9.17, 15) is 0 Å². The zero-order chi connectivity index (χ0) is 9.15. The average molecular weight is 177 g/mol. The number of hydrogen-bond donors (Lipinski definition) is 0. The molecule has 2 rings (SSSR count). The lowest BCUT2D eigenvalue weighted by atomic mass is 9.79. The molecule has 1 aliphatic heterocycles. The van der Waals surface area contributed by atoms with E-state index in [1.54, 1.807) is 0 Å². The molecule has 0 saturated carbocycles. The van der Waals surface area contributed by atoms with Crippen molar-refractivity contribution in [3.63, 3.8) is 0 Å². The molecule has 13 heavy (non-hydrogen) atoms. The maximum absolute atomic E-state index is 5.51. The van der Waals surface area contributed by atoms with E-state index in [0.29, 0.717) is 0 Å². The van der Waals surface area contributed by atoms with Crippen LogP contribution < -0.4 is 0 Å². The molecular formula is C11H15NO. The Morgan fingerprint density at radius 3 is 3.08 bits per heavy atom. The first kappa shape index (κ1) is 8.70. The van der Waals surface area contributed by atoms with Gasteiger partial charge in [0, 0.05) is 24.4 Å². The summed E-state index contributed by atoms with van der Waals surface area (Å²) in [4.78, 5) is 4.15. The highest BCUT2D eigenvalue weighted by Gasteiger charge is 2.29. The van der Waals surface area contributed by atoms with E-state index in [4.69, 9.17) is 4.74 Å². The third-order valence-corrected chi connectivity index (χ3v) is 2.80. The molecular weight excluding hydrogens is 162 g/mol. The van der Waals surface area contributed by atoms with E-state index in [-0.39, 0.29) is 5.41 Å². The minimum atomic E-state index is 0.187. The summed E-state index contributed by atoms with van der Waals surface area (Å²) in [7, 11) is 0. The van der Waals surface area contributed by atoms with Crippen LogP contribution >= 0.6 is 0 Å². The SMILES string of the molecule is CC1(c2cccnc2)CCCOC1. The summed E-state index contributed by atoms with van der Waals surface area (Å²) in [5, 5.41) is 0. The standard InChI is InChI=1S/C11H15NO/c1-11(5-3-7-13-9-11)10-4-2-6-12-8-10/h2,4,6,8H,3,5,7,9H2,1H3. The molecule has 2 heteroatoms. The number of hydrogen-bond acceptors (Lipinski definition) is 2. The molecule has 0 amide bonds. The highest BCUT2D eigenvalue weighted by molar-refractivity contribution is 5.21. The Morgan fingerprint density at radius 1 is 1.54 bits per heavy atom. The summed E-state index contributed by atoms with van der Waals surface area (Å²) in [5.74, 6) is 0. The molecule has 1 saturated heterocycles. The maximum atomic E-state index is 5.51. The number of nitrogens with zero attached hydrogens (tertiary/aromatic N) is 1. The van der Waals surface area contributed by atoms with E-state index < -0.39 is 0 Å². The Kier molecular flexibility index (Phi) is 2.32. The first-order chi connectivity index (χ1) is 6.31. The molecule has 70 valence electrons. The smallest absolute Gasteiger partial charge is 0.0560 e. The molecule has 0 bridgehead atoms. The monoisotopic (exact) mass is 177 g/mol. The zero-order valence-corrected chi connectivity index (χ0v) is 7.99. The van der Waals surface area contributed by atoms with E-state index in [2.05, 4.69) is 18.0 Å². The summed E-state index contributed by atoms with van der Waals surface area (Å²) >= 11 is 0. The lowest BCUT2D eigenvalue weighted by molar-refractivity contribution is 0.0418. The molecule has 0 aromatic carbocycles. The van der Waals surface area contributed by atoms with E-state index in [0.717, 1.165) is 19.6 Å². The number of aromatic nitrogens is 1. The predicted octanol–water partition coefficient (Wildman–Crippen LogP) is 2.15. The molecule has 1 aliphatic rings. The van der Waals surface area contributed by atoms with Crippen molar-refractivity contribution < 1.29 is 4.74 Å². The van der Waals surface area contributed by atoms with Crippen LogP contribution in [0.5, 0.6) is 0 Å². The van der Waals surface area contributed by atoms with Crippen LogP contribution in [0, 0.1) is 0 Å². The zero-order valence-electron chi connectivity index (χ0n) is 7.99. The fourth-order valence-corrected chi connectivity index (χ4v) is 1.88. The molecule has 0 N–H and O–H groups in total. The third-order valence-electron chi connectivity index (χ3n) is 2.80. The first-order valence-corrected chi connectivity index (χ1v) is 4.79. The lowest BCUT2D eigenvalue weighted by Crippen LogP contribution is -2.32. The topological polar surface area (TPSA) is 22.1 Å². The second kappa shape index (κ2) is 3.46. The van der Waals surface area contributed by atoms with Crippen LogP contribution in [0.1, 0.15) is 25.3 Å². The van der Waals surface area contributed by atoms with Gasteiger partial charge in [-0.05, 0) is 24.5 Å². The molecule has 0 aliphatic carbocycles. The van der Waals surface area contributed by atoms with Crippen LogP contribution in [0.25, 0.3) is 0 Å². The summed E-state index contributed by atoms with van der Waals surface area (Å²) in [6, 6.07) is 4.14. The molecule has 2 heterocycles. The minimum Gasteiger partial charge on any atom is -0.381 e. The van der Waals surface area contributed by atoms with E-state index in [1.807, 2.05) is 18.5 Å². The molecule has 1 aromatic heterocycles. The van der Waals surface area contributed by atoms with Gasteiger partial charge in [0.1, 0.15) is 0 Å². The van der Waals surface area contributed by atoms with Gasteiger partial charge in [-0.25, -0.2) is 0 Å². The van der Waals surface area contributed by atoms with Crippen molar-refractivity contribution in [2.24, 2.45) is 0 Å². The molecule has 0 radical (unpaired) electrons. The Labute approximate surface area is 78.9 Å². The normalized spacial score (nSPS) is 28.7. The molecule has 1 atom stereocenters. The van der Waals surface area contributed by atoms with Gasteiger partial charge in [0.15, 0.2) is 0 Å². The largest absolute Gasteiger partial charge is 0.381 e. The number of ether oxygens (including phenoxy) is 1. The van der Waals surface area contributed by atoms with Crippen molar-refractivity contribution in [2.45, 2.75) is 25.2 Å². The molecule has 1 aromatic rings. The van der Waals surface area contributed by atoms with Crippen molar-refractivity contribution in [3.8, 4) is 0 Å². The van der Waals surface area contributed by atoms with Crippen molar-refractivity contribution >= 4 is 0 Å². The van der Waals surface area contributed by atoms with Gasteiger partial charge in [0.2, 0.25) is 0 Å². The summed E-state index contributed by atoms with van der Waals surface area (Å²) in [5.41, 5.74) is 1.49. The van der Waals surface area contributed by atoms with Gasteiger partial charge in [0.05, 0.1) is 6.61 Å². The summed E-state index contributed by atoms with van der Waals surface area (Å²) in [6.07, 6.45) is 6.13. The third kappa shape index (κ3) is 1.73. The highest BCUT2D eigenvalue weighted by Crippen LogP contribution is 2.31. The predicted molar refractivity (Wildman–Crippen MR) is 51.6 cm³/mol. The van der Waals surface area contributed by atoms with Crippen LogP contribution in [0.3, 0.4) is 0 Å². The van der Waals surface area contributed by atoms with Crippen LogP contribution in [-0.2, 0) is 10.2 Å². The van der Waals surface area contributed by atoms with Gasteiger partial charge in [0.25, 0.3) is 0 Å².